The Labute approximate surface area is 133 Å². The predicted octanol–water partition coefficient (Wildman–Crippen LogP) is 5.33. The van der Waals surface area contributed by atoms with Crippen molar-refractivity contribution in [3.8, 4) is 11.5 Å². The molecule has 1 unspecified atom stereocenters. The number of nitrogens with two attached hydrogens (primary N) is 1. The van der Waals surface area contributed by atoms with E-state index in [1.807, 2.05) is 19.1 Å². The normalized spacial score (nSPS) is 12.2. The molecule has 2 aromatic rings. The van der Waals surface area contributed by atoms with Gasteiger partial charge in [-0.05, 0) is 43.2 Å². The van der Waals surface area contributed by atoms with Gasteiger partial charge in [0.15, 0.2) is 0 Å². The van der Waals surface area contributed by atoms with Crippen molar-refractivity contribution in [3.63, 3.8) is 0 Å². The quantitative estimate of drug-likeness (QED) is 0.822. The van der Waals surface area contributed by atoms with E-state index in [9.17, 15) is 0 Å². The number of rotatable bonds is 4. The molecule has 0 aliphatic heterocycles. The largest absolute Gasteiger partial charge is 0.457 e. The van der Waals surface area contributed by atoms with Crippen LogP contribution >= 0.6 is 34.8 Å². The van der Waals surface area contributed by atoms with Gasteiger partial charge in [-0.15, -0.1) is 0 Å². The predicted molar refractivity (Wildman–Crippen MR) is 85.3 cm³/mol. The van der Waals surface area contributed by atoms with Crippen molar-refractivity contribution < 1.29 is 4.74 Å². The van der Waals surface area contributed by atoms with E-state index in [2.05, 4.69) is 0 Å². The number of benzene rings is 2. The summed E-state index contributed by atoms with van der Waals surface area (Å²) in [5.74, 6) is 1.25. The standard InChI is InChI=1S/C15H14Cl3NO/c1-9(19)6-10-2-3-11(7-14(10)17)20-12-4-5-13(16)15(18)8-12/h2-5,7-9H,6,19H2,1H3. The summed E-state index contributed by atoms with van der Waals surface area (Å²) in [6, 6.07) is 10.7. The molecule has 0 saturated heterocycles. The van der Waals surface area contributed by atoms with Crippen LogP contribution in [0.15, 0.2) is 36.4 Å². The van der Waals surface area contributed by atoms with E-state index in [4.69, 9.17) is 45.3 Å². The van der Waals surface area contributed by atoms with Crippen LogP contribution in [0.5, 0.6) is 11.5 Å². The van der Waals surface area contributed by atoms with Crippen LogP contribution in [0.2, 0.25) is 15.1 Å². The van der Waals surface area contributed by atoms with E-state index in [1.165, 1.54) is 0 Å². The van der Waals surface area contributed by atoms with Gasteiger partial charge in [-0.1, -0.05) is 40.9 Å². The lowest BCUT2D eigenvalue weighted by molar-refractivity contribution is 0.482. The van der Waals surface area contributed by atoms with Crippen molar-refractivity contribution in [1.82, 2.24) is 0 Å². The van der Waals surface area contributed by atoms with Gasteiger partial charge in [0.1, 0.15) is 11.5 Å². The molecule has 1 atom stereocenters. The molecule has 0 fully saturated rings. The van der Waals surface area contributed by atoms with Crippen molar-refractivity contribution in [3.05, 3.63) is 57.0 Å². The summed E-state index contributed by atoms with van der Waals surface area (Å²) in [6.07, 6.45) is 0.728. The molecular formula is C15H14Cl3NO. The number of halogens is 3. The van der Waals surface area contributed by atoms with Crippen molar-refractivity contribution >= 4 is 34.8 Å². The Morgan fingerprint density at radius 2 is 1.55 bits per heavy atom. The Kier molecular flexibility index (Phi) is 5.17. The molecule has 5 heteroatoms. The minimum Gasteiger partial charge on any atom is -0.457 e. The number of hydrogen-bond acceptors (Lipinski definition) is 2. The molecule has 0 bridgehead atoms. The Morgan fingerprint density at radius 1 is 0.950 bits per heavy atom. The van der Waals surface area contributed by atoms with Crippen molar-refractivity contribution in [2.24, 2.45) is 5.73 Å². The van der Waals surface area contributed by atoms with E-state index >= 15 is 0 Å². The summed E-state index contributed by atoms with van der Waals surface area (Å²) in [5.41, 5.74) is 6.77. The average Bonchev–Trinajstić information content (AvgIpc) is 2.37. The van der Waals surface area contributed by atoms with Gasteiger partial charge in [0.25, 0.3) is 0 Å². The SMILES string of the molecule is CC(N)Cc1ccc(Oc2ccc(Cl)c(Cl)c2)cc1Cl. The Morgan fingerprint density at radius 3 is 2.10 bits per heavy atom. The molecule has 0 spiro atoms. The van der Waals surface area contributed by atoms with Gasteiger partial charge >= 0.3 is 0 Å². The molecule has 0 saturated carbocycles. The Hall–Kier alpha value is -0.930. The van der Waals surface area contributed by atoms with Crippen LogP contribution in [0.4, 0.5) is 0 Å². The average molecular weight is 331 g/mol. The maximum atomic E-state index is 6.21. The molecule has 2 rings (SSSR count). The van der Waals surface area contributed by atoms with E-state index in [0.717, 1.165) is 12.0 Å². The highest BCUT2D eigenvalue weighted by atomic mass is 35.5. The third-order valence-electron chi connectivity index (χ3n) is 2.69. The summed E-state index contributed by atoms with van der Waals surface area (Å²) in [4.78, 5) is 0. The van der Waals surface area contributed by atoms with Crippen LogP contribution in [0, 0.1) is 0 Å². The lowest BCUT2D eigenvalue weighted by Crippen LogP contribution is -2.17. The van der Waals surface area contributed by atoms with Gasteiger partial charge in [0.05, 0.1) is 10.0 Å². The summed E-state index contributed by atoms with van der Waals surface area (Å²) >= 11 is 18.0. The summed E-state index contributed by atoms with van der Waals surface area (Å²) in [6.45, 7) is 1.94. The van der Waals surface area contributed by atoms with E-state index in [-0.39, 0.29) is 6.04 Å². The van der Waals surface area contributed by atoms with E-state index < -0.39 is 0 Å². The van der Waals surface area contributed by atoms with Crippen molar-refractivity contribution in [2.45, 2.75) is 19.4 Å². The molecule has 0 amide bonds. The van der Waals surface area contributed by atoms with Crippen LogP contribution in [0.3, 0.4) is 0 Å². The first-order valence-electron chi connectivity index (χ1n) is 6.12. The van der Waals surface area contributed by atoms with E-state index in [1.54, 1.807) is 24.3 Å². The second-order valence-electron chi connectivity index (χ2n) is 4.61. The lowest BCUT2D eigenvalue weighted by Gasteiger charge is -2.11. The smallest absolute Gasteiger partial charge is 0.129 e. The molecule has 106 valence electrons. The highest BCUT2D eigenvalue weighted by Crippen LogP contribution is 2.31. The molecule has 0 heterocycles. The summed E-state index contributed by atoms with van der Waals surface area (Å²) < 4.78 is 5.70. The Balaban J connectivity index is 2.17. The van der Waals surface area contributed by atoms with Crippen molar-refractivity contribution in [1.29, 1.82) is 0 Å². The van der Waals surface area contributed by atoms with Gasteiger partial charge < -0.3 is 10.5 Å². The fourth-order valence-electron chi connectivity index (χ4n) is 1.78. The van der Waals surface area contributed by atoms with E-state index in [0.29, 0.717) is 26.6 Å². The minimum atomic E-state index is 0.0642. The third kappa shape index (κ3) is 4.03. The maximum Gasteiger partial charge on any atom is 0.129 e. The Bertz CT molecular complexity index is 614. The maximum absolute atomic E-state index is 6.21. The molecule has 0 aliphatic rings. The monoisotopic (exact) mass is 329 g/mol. The highest BCUT2D eigenvalue weighted by molar-refractivity contribution is 6.42. The van der Waals surface area contributed by atoms with Gasteiger partial charge in [-0.25, -0.2) is 0 Å². The van der Waals surface area contributed by atoms with Crippen LogP contribution in [0.25, 0.3) is 0 Å². The van der Waals surface area contributed by atoms with Gasteiger partial charge in [0, 0.05) is 17.1 Å². The van der Waals surface area contributed by atoms with Gasteiger partial charge in [0.2, 0.25) is 0 Å². The van der Waals surface area contributed by atoms with Crippen LogP contribution in [0.1, 0.15) is 12.5 Å². The molecule has 20 heavy (non-hydrogen) atoms. The fraction of sp³-hybridized carbons (Fsp3) is 0.200. The first-order chi connectivity index (χ1) is 9.45. The first kappa shape index (κ1) is 15.5. The number of ether oxygens (including phenoxy) is 1. The van der Waals surface area contributed by atoms with Gasteiger partial charge in [-0.2, -0.15) is 0 Å². The third-order valence-corrected chi connectivity index (χ3v) is 3.78. The highest BCUT2D eigenvalue weighted by Gasteiger charge is 2.07. The van der Waals surface area contributed by atoms with Crippen LogP contribution < -0.4 is 10.5 Å². The van der Waals surface area contributed by atoms with Crippen LogP contribution in [-0.4, -0.2) is 6.04 Å². The second kappa shape index (κ2) is 6.68. The zero-order chi connectivity index (χ0) is 14.7. The number of hydrogen-bond donors (Lipinski definition) is 1. The minimum absolute atomic E-state index is 0.0642. The molecule has 0 aromatic heterocycles. The zero-order valence-electron chi connectivity index (χ0n) is 10.9. The summed E-state index contributed by atoms with van der Waals surface area (Å²) in [7, 11) is 0. The molecule has 2 N–H and O–H groups in total. The summed E-state index contributed by atoms with van der Waals surface area (Å²) in [5, 5.41) is 1.58. The zero-order valence-corrected chi connectivity index (χ0v) is 13.1. The lowest BCUT2D eigenvalue weighted by atomic mass is 10.1. The van der Waals surface area contributed by atoms with Gasteiger partial charge in [-0.3, -0.25) is 0 Å². The molecule has 2 nitrogen and oxygen atoms in total. The second-order valence-corrected chi connectivity index (χ2v) is 5.83. The molecule has 2 aromatic carbocycles. The fourth-order valence-corrected chi connectivity index (χ4v) is 2.32. The first-order valence-corrected chi connectivity index (χ1v) is 7.26. The molecule has 0 aliphatic carbocycles. The van der Waals surface area contributed by atoms with Crippen molar-refractivity contribution in [2.75, 3.05) is 0 Å². The molecular weight excluding hydrogens is 317 g/mol. The topological polar surface area (TPSA) is 35.2 Å². The molecule has 0 radical (unpaired) electrons. The van der Waals surface area contributed by atoms with Crippen LogP contribution in [-0.2, 0) is 6.42 Å².